The maximum absolute atomic E-state index is 12.4. The van der Waals surface area contributed by atoms with Gasteiger partial charge in [-0.05, 0) is 56.8 Å². The Bertz CT molecular complexity index is 896. The Kier molecular flexibility index (Phi) is 7.74. The number of rotatable bonds is 9. The molecule has 6 nitrogen and oxygen atoms in total. The highest BCUT2D eigenvalue weighted by Gasteiger charge is 2.17. The third-order valence-electron chi connectivity index (χ3n) is 4.52. The molecule has 0 bridgehead atoms. The molecule has 0 spiro atoms. The first kappa shape index (κ1) is 22.1. The monoisotopic (exact) mass is 403 g/mol. The first-order valence-electron chi connectivity index (χ1n) is 9.25. The molecule has 2 rings (SSSR count). The average molecular weight is 404 g/mol. The van der Waals surface area contributed by atoms with Gasteiger partial charge in [0, 0.05) is 19.5 Å². The summed E-state index contributed by atoms with van der Waals surface area (Å²) in [5.41, 5.74) is 2.96. The first-order chi connectivity index (χ1) is 13.2. The molecule has 0 fully saturated rings. The fraction of sp³-hybridized carbons (Fsp3) is 0.381. The van der Waals surface area contributed by atoms with Crippen LogP contribution in [-0.4, -0.2) is 46.4 Å². The summed E-state index contributed by atoms with van der Waals surface area (Å²) >= 11 is 0. The summed E-state index contributed by atoms with van der Waals surface area (Å²) < 4.78 is 27.3. The molecule has 2 aromatic carbocycles. The predicted octanol–water partition coefficient (Wildman–Crippen LogP) is 2.39. The van der Waals surface area contributed by atoms with Crippen molar-refractivity contribution in [2.75, 3.05) is 27.2 Å². The van der Waals surface area contributed by atoms with Crippen molar-refractivity contribution in [1.29, 1.82) is 0 Å². The highest BCUT2D eigenvalue weighted by Crippen LogP contribution is 2.15. The zero-order chi connectivity index (χ0) is 20.7. The number of likely N-dealkylation sites (N-methyl/N-ethyl adjacent to an activating group) is 1. The third kappa shape index (κ3) is 6.44. The van der Waals surface area contributed by atoms with Crippen LogP contribution in [0.15, 0.2) is 53.4 Å². The fourth-order valence-electron chi connectivity index (χ4n) is 2.81. The van der Waals surface area contributed by atoms with Gasteiger partial charge in [0.25, 0.3) is 0 Å². The van der Waals surface area contributed by atoms with Crippen LogP contribution in [0.1, 0.15) is 29.2 Å². The molecule has 152 valence electrons. The number of nitrogens with one attached hydrogen (secondary N) is 2. The van der Waals surface area contributed by atoms with Crippen molar-refractivity contribution in [3.8, 4) is 0 Å². The molecule has 0 unspecified atom stereocenters. The largest absolute Gasteiger partial charge is 0.348 e. The molecule has 28 heavy (non-hydrogen) atoms. The van der Waals surface area contributed by atoms with Gasteiger partial charge in [-0.3, -0.25) is 4.79 Å². The fourth-order valence-corrected chi connectivity index (χ4v) is 3.93. The zero-order valence-electron chi connectivity index (χ0n) is 16.9. The van der Waals surface area contributed by atoms with E-state index in [2.05, 4.69) is 10.0 Å². The molecular weight excluding hydrogens is 374 g/mol. The SMILES string of the molecule is Cc1ccc(S(=O)(=O)NCCC(=O)N[C@@H](CN(C)C)c2ccccc2)cc1C. The molecule has 0 aliphatic carbocycles. The first-order valence-corrected chi connectivity index (χ1v) is 10.7. The summed E-state index contributed by atoms with van der Waals surface area (Å²) in [7, 11) is 0.255. The molecule has 0 saturated heterocycles. The molecule has 2 aromatic rings. The van der Waals surface area contributed by atoms with E-state index in [9.17, 15) is 13.2 Å². The highest BCUT2D eigenvalue weighted by molar-refractivity contribution is 7.89. The van der Waals surface area contributed by atoms with Gasteiger partial charge in [0.15, 0.2) is 0 Å². The molecule has 2 N–H and O–H groups in total. The number of benzene rings is 2. The number of hydrogen-bond acceptors (Lipinski definition) is 4. The van der Waals surface area contributed by atoms with Crippen LogP contribution in [0.25, 0.3) is 0 Å². The molecule has 0 saturated carbocycles. The van der Waals surface area contributed by atoms with E-state index in [4.69, 9.17) is 0 Å². The second kappa shape index (κ2) is 9.82. The number of aryl methyl sites for hydroxylation is 2. The lowest BCUT2D eigenvalue weighted by atomic mass is 10.1. The van der Waals surface area contributed by atoms with Gasteiger partial charge in [-0.1, -0.05) is 36.4 Å². The minimum absolute atomic E-state index is 0.0462. The van der Waals surface area contributed by atoms with E-state index >= 15 is 0 Å². The Morgan fingerprint density at radius 2 is 1.71 bits per heavy atom. The van der Waals surface area contributed by atoms with Crippen molar-refractivity contribution < 1.29 is 13.2 Å². The van der Waals surface area contributed by atoms with Gasteiger partial charge in [-0.2, -0.15) is 0 Å². The minimum atomic E-state index is -3.63. The van der Waals surface area contributed by atoms with Crippen LogP contribution < -0.4 is 10.0 Å². The normalized spacial score (nSPS) is 12.8. The summed E-state index contributed by atoms with van der Waals surface area (Å²) in [6.45, 7) is 4.51. The maximum atomic E-state index is 12.4. The summed E-state index contributed by atoms with van der Waals surface area (Å²) in [5.74, 6) is -0.196. The Morgan fingerprint density at radius 3 is 2.32 bits per heavy atom. The highest BCUT2D eigenvalue weighted by atomic mass is 32.2. The molecule has 1 amide bonds. The van der Waals surface area contributed by atoms with Gasteiger partial charge in [0.05, 0.1) is 10.9 Å². The van der Waals surface area contributed by atoms with Crippen LogP contribution in [0, 0.1) is 13.8 Å². The number of carbonyl (C=O) groups excluding carboxylic acids is 1. The topological polar surface area (TPSA) is 78.5 Å². The predicted molar refractivity (Wildman–Crippen MR) is 112 cm³/mol. The van der Waals surface area contributed by atoms with Crippen LogP contribution in [0.2, 0.25) is 0 Å². The number of nitrogens with zero attached hydrogens (tertiary/aromatic N) is 1. The van der Waals surface area contributed by atoms with Gasteiger partial charge in [-0.25, -0.2) is 13.1 Å². The molecule has 0 aliphatic heterocycles. The number of amides is 1. The smallest absolute Gasteiger partial charge is 0.240 e. The minimum Gasteiger partial charge on any atom is -0.348 e. The maximum Gasteiger partial charge on any atom is 0.240 e. The van der Waals surface area contributed by atoms with Gasteiger partial charge in [-0.15, -0.1) is 0 Å². The van der Waals surface area contributed by atoms with Gasteiger partial charge >= 0.3 is 0 Å². The van der Waals surface area contributed by atoms with Gasteiger partial charge < -0.3 is 10.2 Å². The second-order valence-corrected chi connectivity index (χ2v) is 8.95. The standard InChI is InChI=1S/C21H29N3O3S/c1-16-10-11-19(14-17(16)2)28(26,27)22-13-12-21(25)23-20(15-24(3)4)18-8-6-5-7-9-18/h5-11,14,20,22H,12-13,15H2,1-4H3,(H,23,25)/t20-/m0/s1. The van der Waals surface area contributed by atoms with Gasteiger partial charge in [0.2, 0.25) is 15.9 Å². The lowest BCUT2D eigenvalue weighted by molar-refractivity contribution is -0.121. The summed E-state index contributed by atoms with van der Waals surface area (Å²) in [6.07, 6.45) is 0.0703. The van der Waals surface area contributed by atoms with E-state index in [1.54, 1.807) is 18.2 Å². The van der Waals surface area contributed by atoms with E-state index < -0.39 is 10.0 Å². The second-order valence-electron chi connectivity index (χ2n) is 7.19. The van der Waals surface area contributed by atoms with Crippen LogP contribution in [-0.2, 0) is 14.8 Å². The molecule has 0 radical (unpaired) electrons. The number of hydrogen-bond donors (Lipinski definition) is 2. The van der Waals surface area contributed by atoms with Gasteiger partial charge in [0.1, 0.15) is 0 Å². The van der Waals surface area contributed by atoms with Crippen molar-refractivity contribution >= 4 is 15.9 Å². The molecule has 0 heterocycles. The van der Waals surface area contributed by atoms with Crippen molar-refractivity contribution in [3.63, 3.8) is 0 Å². The summed E-state index contributed by atoms with van der Waals surface area (Å²) in [4.78, 5) is 14.6. The van der Waals surface area contributed by atoms with Crippen molar-refractivity contribution in [1.82, 2.24) is 14.9 Å². The molecule has 0 aromatic heterocycles. The molecule has 0 aliphatic rings. The zero-order valence-corrected chi connectivity index (χ0v) is 17.7. The van der Waals surface area contributed by atoms with Crippen LogP contribution in [0.4, 0.5) is 0 Å². The summed E-state index contributed by atoms with van der Waals surface area (Å²) in [6, 6.07) is 14.6. The van der Waals surface area contributed by atoms with E-state index in [1.807, 2.05) is 63.2 Å². The number of sulfonamides is 1. The Balaban J connectivity index is 1.94. The van der Waals surface area contributed by atoms with Crippen molar-refractivity contribution in [2.45, 2.75) is 31.2 Å². The number of carbonyl (C=O) groups is 1. The Morgan fingerprint density at radius 1 is 1.04 bits per heavy atom. The average Bonchev–Trinajstić information content (AvgIpc) is 2.63. The van der Waals surface area contributed by atoms with Crippen molar-refractivity contribution in [2.24, 2.45) is 0 Å². The molecule has 1 atom stereocenters. The lowest BCUT2D eigenvalue weighted by Gasteiger charge is -2.23. The van der Waals surface area contributed by atoms with E-state index in [0.717, 1.165) is 16.7 Å². The lowest BCUT2D eigenvalue weighted by Crippen LogP contribution is -2.37. The van der Waals surface area contributed by atoms with Crippen molar-refractivity contribution in [3.05, 3.63) is 65.2 Å². The van der Waals surface area contributed by atoms with E-state index in [-0.39, 0.29) is 29.8 Å². The quantitative estimate of drug-likeness (QED) is 0.674. The molecular formula is C21H29N3O3S. The van der Waals surface area contributed by atoms with Crippen LogP contribution in [0.5, 0.6) is 0 Å². The Hall–Kier alpha value is -2.22. The third-order valence-corrected chi connectivity index (χ3v) is 5.98. The summed E-state index contributed by atoms with van der Waals surface area (Å²) in [5, 5.41) is 2.99. The van der Waals surface area contributed by atoms with Crippen LogP contribution >= 0.6 is 0 Å². The van der Waals surface area contributed by atoms with Crippen LogP contribution in [0.3, 0.4) is 0 Å². The van der Waals surface area contributed by atoms with E-state index in [0.29, 0.717) is 6.54 Å². The molecule has 7 heteroatoms. The van der Waals surface area contributed by atoms with E-state index in [1.165, 1.54) is 0 Å². The Labute approximate surface area is 168 Å².